The molecule has 1 aliphatic rings. The predicted octanol–water partition coefficient (Wildman–Crippen LogP) is 4.05. The highest BCUT2D eigenvalue weighted by Gasteiger charge is 2.26. The molecule has 0 bridgehead atoms. The van der Waals surface area contributed by atoms with E-state index in [4.69, 9.17) is 0 Å². The molecule has 1 heterocycles. The van der Waals surface area contributed by atoms with Crippen molar-refractivity contribution in [1.82, 2.24) is 10.2 Å². The molecule has 0 aliphatic carbocycles. The van der Waals surface area contributed by atoms with Crippen molar-refractivity contribution in [1.29, 1.82) is 0 Å². The van der Waals surface area contributed by atoms with E-state index in [2.05, 4.69) is 88.7 Å². The summed E-state index contributed by atoms with van der Waals surface area (Å²) in [5.41, 5.74) is 4.38. The minimum absolute atomic E-state index is 0.0246. The van der Waals surface area contributed by atoms with Gasteiger partial charge in [-0.15, -0.1) is 0 Å². The van der Waals surface area contributed by atoms with E-state index in [-0.39, 0.29) is 11.9 Å². The van der Waals surface area contributed by atoms with Gasteiger partial charge in [-0.2, -0.15) is 0 Å². The van der Waals surface area contributed by atoms with Gasteiger partial charge in [-0.1, -0.05) is 48.5 Å². The topological polar surface area (TPSA) is 38.8 Å². The Balaban J connectivity index is 1.48. The lowest BCUT2D eigenvalue weighted by atomic mass is 10.0. The van der Waals surface area contributed by atoms with Crippen LogP contribution in [0.15, 0.2) is 84.9 Å². The van der Waals surface area contributed by atoms with Crippen LogP contribution < -0.4 is 15.1 Å². The normalized spacial score (nSPS) is 15.2. The molecular formula is C27H32N4O. The van der Waals surface area contributed by atoms with E-state index < -0.39 is 0 Å². The summed E-state index contributed by atoms with van der Waals surface area (Å²) < 4.78 is 0. The number of rotatable bonds is 7. The summed E-state index contributed by atoms with van der Waals surface area (Å²) in [7, 11) is 4.10. The standard InChI is InChI=1S/C27H32N4O/c1-29(2)24-15-13-22(14-16-24)26(21-28-27(32)23-9-5-3-6-10-23)31-19-17-30(18-20-31)25-11-7-4-8-12-25/h3-16,26H,17-21H2,1-2H3,(H,28,32)/t26-/m0/s1. The summed E-state index contributed by atoms with van der Waals surface area (Å²) in [6.45, 7) is 4.44. The van der Waals surface area contributed by atoms with E-state index >= 15 is 0 Å². The number of piperazine rings is 1. The Bertz CT molecular complexity index is 981. The van der Waals surface area contributed by atoms with Crippen LogP contribution in [0, 0.1) is 0 Å². The van der Waals surface area contributed by atoms with Crippen molar-refractivity contribution < 1.29 is 4.79 Å². The minimum Gasteiger partial charge on any atom is -0.378 e. The van der Waals surface area contributed by atoms with Gasteiger partial charge in [-0.3, -0.25) is 9.69 Å². The van der Waals surface area contributed by atoms with Crippen LogP contribution in [0.25, 0.3) is 0 Å². The van der Waals surface area contributed by atoms with Gasteiger partial charge in [-0.25, -0.2) is 0 Å². The van der Waals surface area contributed by atoms with Crippen molar-refractivity contribution in [3.63, 3.8) is 0 Å². The van der Waals surface area contributed by atoms with Gasteiger partial charge in [0.25, 0.3) is 5.91 Å². The quantitative estimate of drug-likeness (QED) is 0.616. The smallest absolute Gasteiger partial charge is 0.251 e. The molecule has 3 aromatic carbocycles. The summed E-state index contributed by atoms with van der Waals surface area (Å²) in [4.78, 5) is 19.7. The molecule has 32 heavy (non-hydrogen) atoms. The van der Waals surface area contributed by atoms with E-state index in [1.165, 1.54) is 16.9 Å². The van der Waals surface area contributed by atoms with Gasteiger partial charge in [0, 0.05) is 63.8 Å². The number of hydrogen-bond donors (Lipinski definition) is 1. The monoisotopic (exact) mass is 428 g/mol. The van der Waals surface area contributed by atoms with Gasteiger partial charge in [0.05, 0.1) is 6.04 Å². The fourth-order valence-corrected chi connectivity index (χ4v) is 4.26. The van der Waals surface area contributed by atoms with Gasteiger partial charge >= 0.3 is 0 Å². The van der Waals surface area contributed by atoms with Gasteiger partial charge < -0.3 is 15.1 Å². The summed E-state index contributed by atoms with van der Waals surface area (Å²) in [5.74, 6) is -0.0246. The number of nitrogens with zero attached hydrogens (tertiary/aromatic N) is 3. The molecule has 3 aromatic rings. The Morgan fingerprint density at radius 1 is 0.844 bits per heavy atom. The molecule has 1 fully saturated rings. The highest BCUT2D eigenvalue weighted by molar-refractivity contribution is 5.94. The summed E-state index contributed by atoms with van der Waals surface area (Å²) >= 11 is 0. The maximum atomic E-state index is 12.7. The molecule has 4 rings (SSSR count). The van der Waals surface area contributed by atoms with Gasteiger partial charge in [0.2, 0.25) is 0 Å². The lowest BCUT2D eigenvalue weighted by Crippen LogP contribution is -2.50. The third-order valence-corrected chi connectivity index (χ3v) is 6.16. The van der Waals surface area contributed by atoms with E-state index in [0.717, 1.165) is 26.2 Å². The number of amides is 1. The van der Waals surface area contributed by atoms with E-state index in [9.17, 15) is 4.79 Å². The molecular weight excluding hydrogens is 396 g/mol. The largest absolute Gasteiger partial charge is 0.378 e. The maximum absolute atomic E-state index is 12.7. The zero-order chi connectivity index (χ0) is 22.3. The van der Waals surface area contributed by atoms with E-state index in [0.29, 0.717) is 12.1 Å². The Kier molecular flexibility index (Phi) is 7.07. The molecule has 1 N–H and O–H groups in total. The van der Waals surface area contributed by atoms with Crippen LogP contribution in [-0.2, 0) is 0 Å². The Morgan fingerprint density at radius 3 is 2.03 bits per heavy atom. The van der Waals surface area contributed by atoms with Gasteiger partial charge in [0.15, 0.2) is 0 Å². The number of para-hydroxylation sites is 1. The molecule has 1 saturated heterocycles. The van der Waals surface area contributed by atoms with Crippen LogP contribution >= 0.6 is 0 Å². The molecule has 1 amide bonds. The van der Waals surface area contributed by atoms with Crippen LogP contribution in [0.2, 0.25) is 0 Å². The van der Waals surface area contributed by atoms with Crippen molar-refractivity contribution in [2.75, 3.05) is 56.6 Å². The average Bonchev–Trinajstić information content (AvgIpc) is 2.86. The highest BCUT2D eigenvalue weighted by Crippen LogP contribution is 2.26. The lowest BCUT2D eigenvalue weighted by molar-refractivity contribution is 0.0930. The molecule has 5 nitrogen and oxygen atoms in total. The number of anilines is 2. The predicted molar refractivity (Wildman–Crippen MR) is 133 cm³/mol. The molecule has 0 radical (unpaired) electrons. The van der Waals surface area contributed by atoms with Crippen LogP contribution in [0.4, 0.5) is 11.4 Å². The average molecular weight is 429 g/mol. The lowest BCUT2D eigenvalue weighted by Gasteiger charge is -2.40. The van der Waals surface area contributed by atoms with Crippen molar-refractivity contribution in [3.8, 4) is 0 Å². The fourth-order valence-electron chi connectivity index (χ4n) is 4.26. The van der Waals surface area contributed by atoms with Crippen LogP contribution in [0.3, 0.4) is 0 Å². The minimum atomic E-state index is -0.0246. The second-order valence-corrected chi connectivity index (χ2v) is 8.44. The first kappa shape index (κ1) is 21.9. The Hall–Kier alpha value is -3.31. The van der Waals surface area contributed by atoms with Crippen LogP contribution in [0.5, 0.6) is 0 Å². The SMILES string of the molecule is CN(C)c1ccc([C@H](CNC(=O)c2ccccc2)N2CCN(c3ccccc3)CC2)cc1. The number of hydrogen-bond acceptors (Lipinski definition) is 4. The molecule has 1 aliphatic heterocycles. The number of carbonyl (C=O) groups is 1. The van der Waals surface area contributed by atoms with Crippen molar-refractivity contribution in [2.45, 2.75) is 6.04 Å². The maximum Gasteiger partial charge on any atom is 0.251 e. The molecule has 0 saturated carbocycles. The third kappa shape index (κ3) is 5.29. The van der Waals surface area contributed by atoms with Crippen LogP contribution in [0.1, 0.15) is 22.0 Å². The van der Waals surface area contributed by atoms with Gasteiger partial charge in [0.1, 0.15) is 0 Å². The molecule has 0 unspecified atom stereocenters. The van der Waals surface area contributed by atoms with E-state index in [1.54, 1.807) is 0 Å². The number of carbonyl (C=O) groups excluding carboxylic acids is 1. The third-order valence-electron chi connectivity index (χ3n) is 6.16. The first-order chi connectivity index (χ1) is 15.6. The summed E-state index contributed by atoms with van der Waals surface area (Å²) in [5, 5.41) is 3.17. The number of nitrogens with one attached hydrogen (secondary N) is 1. The van der Waals surface area contributed by atoms with Crippen molar-refractivity contribution >= 4 is 17.3 Å². The van der Waals surface area contributed by atoms with E-state index in [1.807, 2.05) is 30.3 Å². The number of benzene rings is 3. The fraction of sp³-hybridized carbons (Fsp3) is 0.296. The molecule has 166 valence electrons. The molecule has 1 atom stereocenters. The molecule has 5 heteroatoms. The molecule has 0 aromatic heterocycles. The zero-order valence-electron chi connectivity index (χ0n) is 18.9. The summed E-state index contributed by atoms with van der Waals surface area (Å²) in [6.07, 6.45) is 0. The first-order valence-corrected chi connectivity index (χ1v) is 11.3. The van der Waals surface area contributed by atoms with Crippen molar-refractivity contribution in [3.05, 3.63) is 96.1 Å². The van der Waals surface area contributed by atoms with Gasteiger partial charge in [-0.05, 0) is 42.0 Å². The summed E-state index contributed by atoms with van der Waals surface area (Å²) in [6, 6.07) is 28.9. The highest BCUT2D eigenvalue weighted by atomic mass is 16.1. The van der Waals surface area contributed by atoms with Crippen LogP contribution in [-0.4, -0.2) is 57.6 Å². The molecule has 0 spiro atoms. The zero-order valence-corrected chi connectivity index (χ0v) is 18.9. The Morgan fingerprint density at radius 2 is 1.44 bits per heavy atom. The Labute approximate surface area is 191 Å². The second kappa shape index (κ2) is 10.3. The first-order valence-electron chi connectivity index (χ1n) is 11.3. The second-order valence-electron chi connectivity index (χ2n) is 8.44. The van der Waals surface area contributed by atoms with Crippen molar-refractivity contribution in [2.24, 2.45) is 0 Å².